The minimum Gasteiger partial charge on any atom is -0.484 e. The molecule has 2 rings (SSSR count). The van der Waals surface area contributed by atoms with E-state index in [0.717, 1.165) is 0 Å². The third-order valence-corrected chi connectivity index (χ3v) is 4.35. The number of ether oxygens (including phenoxy) is 1. The number of anilines is 1. The Morgan fingerprint density at radius 2 is 1.90 bits per heavy atom. The first kappa shape index (κ1) is 14.9. The zero-order chi connectivity index (χ0) is 15.0. The molecule has 20 heavy (non-hydrogen) atoms. The first-order valence-electron chi connectivity index (χ1n) is 5.95. The Kier molecular flexibility index (Phi) is 3.84. The number of hydrogen-bond donors (Lipinski definition) is 2. The number of benzene rings is 1. The normalized spacial score (nSPS) is 22.9. The Labute approximate surface area is 126 Å². The van der Waals surface area contributed by atoms with Crippen LogP contribution in [0.1, 0.15) is 13.3 Å². The molecule has 2 amide bonds. The summed E-state index contributed by atoms with van der Waals surface area (Å²) in [6.45, 7) is 1.53. The van der Waals surface area contributed by atoms with Gasteiger partial charge in [0.25, 0.3) is 5.91 Å². The number of halogens is 2. The second-order valence-corrected chi connectivity index (χ2v) is 6.43. The summed E-state index contributed by atoms with van der Waals surface area (Å²) >= 11 is 11.9. The summed E-state index contributed by atoms with van der Waals surface area (Å²) in [5.41, 5.74) is 4.80. The number of amides is 2. The third kappa shape index (κ3) is 2.99. The van der Waals surface area contributed by atoms with Gasteiger partial charge in [0, 0.05) is 5.69 Å². The molecule has 1 aromatic carbocycles. The van der Waals surface area contributed by atoms with Gasteiger partial charge in [-0.25, -0.2) is 0 Å². The fraction of sp³-hybridized carbons (Fsp3) is 0.385. The summed E-state index contributed by atoms with van der Waals surface area (Å²) in [6, 6.07) is 6.57. The van der Waals surface area contributed by atoms with Crippen molar-refractivity contribution in [3.8, 4) is 5.75 Å². The van der Waals surface area contributed by atoms with Gasteiger partial charge in [0.2, 0.25) is 5.91 Å². The summed E-state index contributed by atoms with van der Waals surface area (Å²) in [5.74, 6) is -0.290. The highest BCUT2D eigenvalue weighted by molar-refractivity contribution is 6.53. The molecule has 1 aliphatic rings. The maximum Gasteiger partial charge on any atom is 0.255 e. The van der Waals surface area contributed by atoms with Crippen LogP contribution in [0.15, 0.2) is 24.3 Å². The zero-order valence-corrected chi connectivity index (χ0v) is 12.3. The third-order valence-electron chi connectivity index (χ3n) is 3.25. The Balaban J connectivity index is 1.94. The molecule has 0 aliphatic heterocycles. The van der Waals surface area contributed by atoms with Gasteiger partial charge in [-0.3, -0.25) is 9.59 Å². The van der Waals surface area contributed by atoms with E-state index >= 15 is 0 Å². The van der Waals surface area contributed by atoms with Gasteiger partial charge < -0.3 is 15.8 Å². The number of hydrogen-bond acceptors (Lipinski definition) is 3. The fourth-order valence-electron chi connectivity index (χ4n) is 1.70. The van der Waals surface area contributed by atoms with Crippen molar-refractivity contribution in [1.29, 1.82) is 0 Å². The van der Waals surface area contributed by atoms with E-state index in [2.05, 4.69) is 5.32 Å². The van der Waals surface area contributed by atoms with Gasteiger partial charge in [0.05, 0.1) is 5.41 Å². The van der Waals surface area contributed by atoms with Crippen LogP contribution in [0.3, 0.4) is 0 Å². The summed E-state index contributed by atoms with van der Waals surface area (Å²) in [7, 11) is 0. The number of nitrogens with one attached hydrogen (secondary N) is 1. The maximum atomic E-state index is 12.0. The van der Waals surface area contributed by atoms with E-state index in [1.807, 2.05) is 0 Å². The predicted octanol–water partition coefficient (Wildman–Crippen LogP) is 2.07. The second-order valence-electron chi connectivity index (χ2n) is 4.95. The van der Waals surface area contributed by atoms with E-state index in [9.17, 15) is 9.59 Å². The van der Waals surface area contributed by atoms with Crippen LogP contribution < -0.4 is 15.8 Å². The molecule has 0 spiro atoms. The quantitative estimate of drug-likeness (QED) is 0.816. The second kappa shape index (κ2) is 5.14. The molecule has 1 aromatic rings. The first-order valence-corrected chi connectivity index (χ1v) is 6.71. The highest BCUT2D eigenvalue weighted by Crippen LogP contribution is 2.64. The van der Waals surface area contributed by atoms with Crippen molar-refractivity contribution < 1.29 is 14.3 Å². The van der Waals surface area contributed by atoms with Gasteiger partial charge in [-0.05, 0) is 37.6 Å². The van der Waals surface area contributed by atoms with Crippen molar-refractivity contribution in [2.45, 2.75) is 17.7 Å². The molecule has 0 heterocycles. The smallest absolute Gasteiger partial charge is 0.255 e. The molecule has 3 N–H and O–H groups in total. The summed E-state index contributed by atoms with van der Waals surface area (Å²) in [6.07, 6.45) is 0.425. The summed E-state index contributed by atoms with van der Waals surface area (Å²) in [5, 5.41) is 2.74. The lowest BCUT2D eigenvalue weighted by molar-refractivity contribution is -0.121. The number of carbonyl (C=O) groups excluding carboxylic acids is 2. The molecule has 0 saturated heterocycles. The van der Waals surface area contributed by atoms with Crippen LogP contribution in [-0.4, -0.2) is 22.8 Å². The molecular formula is C13H14Cl2N2O3. The molecular weight excluding hydrogens is 303 g/mol. The van der Waals surface area contributed by atoms with Gasteiger partial charge in [-0.2, -0.15) is 0 Å². The van der Waals surface area contributed by atoms with Crippen molar-refractivity contribution in [1.82, 2.24) is 0 Å². The predicted molar refractivity (Wildman–Crippen MR) is 76.9 cm³/mol. The van der Waals surface area contributed by atoms with Crippen molar-refractivity contribution in [3.63, 3.8) is 0 Å². The van der Waals surface area contributed by atoms with E-state index in [0.29, 0.717) is 17.9 Å². The average molecular weight is 317 g/mol. The molecule has 1 aliphatic carbocycles. The van der Waals surface area contributed by atoms with Crippen molar-refractivity contribution >= 4 is 40.7 Å². The molecule has 1 fully saturated rings. The van der Waals surface area contributed by atoms with E-state index < -0.39 is 15.7 Å². The van der Waals surface area contributed by atoms with Gasteiger partial charge >= 0.3 is 0 Å². The van der Waals surface area contributed by atoms with Crippen LogP contribution in [0.2, 0.25) is 0 Å². The zero-order valence-electron chi connectivity index (χ0n) is 10.8. The Hall–Kier alpha value is -1.46. The highest BCUT2D eigenvalue weighted by Gasteiger charge is 2.67. The maximum absolute atomic E-state index is 12.0. The Bertz CT molecular complexity index is 545. The van der Waals surface area contributed by atoms with Crippen molar-refractivity contribution in [3.05, 3.63) is 24.3 Å². The van der Waals surface area contributed by atoms with Gasteiger partial charge in [0.15, 0.2) is 6.61 Å². The number of rotatable bonds is 5. The first-order chi connectivity index (χ1) is 9.24. The van der Waals surface area contributed by atoms with Gasteiger partial charge in [-0.1, -0.05) is 0 Å². The van der Waals surface area contributed by atoms with E-state index in [4.69, 9.17) is 33.7 Å². The lowest BCUT2D eigenvalue weighted by atomic mass is 10.1. The SMILES string of the molecule is C[C@@]1(C(=O)Nc2ccc(OCC(N)=O)cc2)CC1(Cl)Cl. The van der Waals surface area contributed by atoms with Crippen molar-refractivity contribution in [2.24, 2.45) is 11.1 Å². The van der Waals surface area contributed by atoms with Crippen LogP contribution in [-0.2, 0) is 9.59 Å². The topological polar surface area (TPSA) is 81.4 Å². The van der Waals surface area contributed by atoms with E-state index in [-0.39, 0.29) is 12.5 Å². The lowest BCUT2D eigenvalue weighted by Crippen LogP contribution is -2.25. The molecule has 7 heteroatoms. The van der Waals surface area contributed by atoms with Crippen LogP contribution in [0.25, 0.3) is 0 Å². The lowest BCUT2D eigenvalue weighted by Gasteiger charge is -2.13. The molecule has 1 atom stereocenters. The van der Waals surface area contributed by atoms with Crippen LogP contribution in [0, 0.1) is 5.41 Å². The highest BCUT2D eigenvalue weighted by atomic mass is 35.5. The molecule has 0 unspecified atom stereocenters. The largest absolute Gasteiger partial charge is 0.484 e. The van der Waals surface area contributed by atoms with Crippen LogP contribution in [0.4, 0.5) is 5.69 Å². The number of alkyl halides is 2. The number of primary amides is 1. The minimum atomic E-state index is -0.998. The van der Waals surface area contributed by atoms with E-state index in [1.54, 1.807) is 31.2 Å². The molecule has 5 nitrogen and oxygen atoms in total. The Morgan fingerprint density at radius 1 is 1.35 bits per heavy atom. The number of carbonyl (C=O) groups is 2. The molecule has 0 aromatic heterocycles. The van der Waals surface area contributed by atoms with E-state index in [1.165, 1.54) is 0 Å². The standard InChI is InChI=1S/C13H14Cl2N2O3/c1-12(7-13(12,14)15)11(19)17-8-2-4-9(5-3-8)20-6-10(16)18/h2-5H,6-7H2,1H3,(H2,16,18)(H,17,19)/t12-/m0/s1. The Morgan fingerprint density at radius 3 is 2.35 bits per heavy atom. The molecule has 0 bridgehead atoms. The van der Waals surface area contributed by atoms with Crippen LogP contribution in [0.5, 0.6) is 5.75 Å². The average Bonchev–Trinajstić information content (AvgIpc) is 2.89. The van der Waals surface area contributed by atoms with Crippen molar-refractivity contribution in [2.75, 3.05) is 11.9 Å². The molecule has 0 radical (unpaired) electrons. The summed E-state index contributed by atoms with van der Waals surface area (Å²) < 4.78 is 4.11. The van der Waals surface area contributed by atoms with Gasteiger partial charge in [0.1, 0.15) is 10.1 Å². The molecule has 108 valence electrons. The van der Waals surface area contributed by atoms with Crippen LogP contribution >= 0.6 is 23.2 Å². The minimum absolute atomic E-state index is 0.190. The molecule has 1 saturated carbocycles. The monoisotopic (exact) mass is 316 g/mol. The summed E-state index contributed by atoms with van der Waals surface area (Å²) in [4.78, 5) is 22.6. The number of nitrogens with two attached hydrogens (primary N) is 1. The van der Waals surface area contributed by atoms with Gasteiger partial charge in [-0.15, -0.1) is 23.2 Å². The fourth-order valence-corrected chi connectivity index (χ4v) is 2.41.